The zero-order valence-corrected chi connectivity index (χ0v) is 15.8. The molecule has 2 rings (SSSR count). The lowest BCUT2D eigenvalue weighted by Gasteiger charge is -2.12. The minimum Gasteiger partial charge on any atom is -0.489 e. The van der Waals surface area contributed by atoms with Crippen LogP contribution in [0.15, 0.2) is 58.2 Å². The van der Waals surface area contributed by atoms with E-state index < -0.39 is 5.97 Å². The minimum absolute atomic E-state index is 0.0693. The molecule has 0 saturated carbocycles. The summed E-state index contributed by atoms with van der Waals surface area (Å²) in [6.07, 6.45) is 1.62. The van der Waals surface area contributed by atoms with Gasteiger partial charge in [-0.2, -0.15) is 0 Å². The lowest BCUT2D eigenvalue weighted by atomic mass is 10.0. The predicted octanol–water partition coefficient (Wildman–Crippen LogP) is 4.57. The summed E-state index contributed by atoms with van der Waals surface area (Å²) in [6.45, 7) is 0.220. The van der Waals surface area contributed by atoms with Gasteiger partial charge in [-0.15, -0.1) is 0 Å². The van der Waals surface area contributed by atoms with E-state index in [1.165, 1.54) is 14.2 Å². The maximum atomic E-state index is 12.0. The van der Waals surface area contributed by atoms with Crippen molar-refractivity contribution in [2.75, 3.05) is 14.2 Å². The third-order valence-corrected chi connectivity index (χ3v) is 3.58. The number of rotatable bonds is 7. The Hall–Kier alpha value is -2.50. The van der Waals surface area contributed by atoms with Crippen LogP contribution in [-0.4, -0.2) is 25.9 Å². The molecule has 0 unspecified atom stereocenters. The highest BCUT2D eigenvalue weighted by molar-refractivity contribution is 6.57. The van der Waals surface area contributed by atoms with Gasteiger partial charge in [0.2, 0.25) is 0 Å². The first-order valence-corrected chi connectivity index (χ1v) is 8.34. The Balaban J connectivity index is 2.25. The Morgan fingerprint density at radius 2 is 1.88 bits per heavy atom. The first kappa shape index (κ1) is 19.8. The average molecular weight is 394 g/mol. The van der Waals surface area contributed by atoms with Crippen molar-refractivity contribution in [3.05, 3.63) is 69.7 Å². The number of nitrogens with zero attached hydrogens (tertiary/aromatic N) is 1. The van der Waals surface area contributed by atoms with E-state index in [0.717, 1.165) is 11.1 Å². The maximum Gasteiger partial charge on any atom is 0.360 e. The van der Waals surface area contributed by atoms with Crippen molar-refractivity contribution in [3.8, 4) is 5.75 Å². The molecule has 0 saturated heterocycles. The average Bonchev–Trinajstić information content (AvgIpc) is 2.64. The normalized spacial score (nSPS) is 10.8. The highest BCUT2D eigenvalue weighted by atomic mass is 35.5. The van der Waals surface area contributed by atoms with E-state index in [-0.39, 0.29) is 16.8 Å². The first-order chi connectivity index (χ1) is 12.5. The second-order valence-corrected chi connectivity index (χ2v) is 6.07. The second kappa shape index (κ2) is 9.85. The van der Waals surface area contributed by atoms with Crippen LogP contribution in [0.25, 0.3) is 6.08 Å². The molecule has 0 bridgehead atoms. The fourth-order valence-electron chi connectivity index (χ4n) is 2.24. The van der Waals surface area contributed by atoms with Crippen LogP contribution < -0.4 is 4.74 Å². The molecule has 0 amide bonds. The van der Waals surface area contributed by atoms with Gasteiger partial charge in [0.15, 0.2) is 5.71 Å². The summed E-state index contributed by atoms with van der Waals surface area (Å²) in [5.41, 5.74) is 2.21. The molecular weight excluding hydrogens is 377 g/mol. The number of oxime groups is 1. The molecule has 0 aliphatic heterocycles. The third kappa shape index (κ3) is 5.51. The largest absolute Gasteiger partial charge is 0.489 e. The molecule has 0 radical (unpaired) electrons. The van der Waals surface area contributed by atoms with Gasteiger partial charge in [0, 0.05) is 5.56 Å². The van der Waals surface area contributed by atoms with Crippen LogP contribution in [0, 0.1) is 0 Å². The number of benzene rings is 2. The number of carbonyl (C=O) groups is 1. The van der Waals surface area contributed by atoms with Crippen molar-refractivity contribution >= 4 is 41.0 Å². The quantitative estimate of drug-likeness (QED) is 0.392. The highest BCUT2D eigenvalue weighted by Gasteiger charge is 2.19. The van der Waals surface area contributed by atoms with Crippen LogP contribution in [0.3, 0.4) is 0 Å². The van der Waals surface area contributed by atoms with E-state index in [1.54, 1.807) is 24.3 Å². The molecule has 0 heterocycles. The molecule has 0 aliphatic rings. The number of hydrogen-bond acceptors (Lipinski definition) is 5. The molecule has 2 aromatic carbocycles. The number of carbonyl (C=O) groups excluding carboxylic acids is 1. The van der Waals surface area contributed by atoms with Crippen LogP contribution in [-0.2, 0) is 21.0 Å². The number of ether oxygens (including phenoxy) is 2. The Bertz CT molecular complexity index is 830. The molecule has 0 atom stereocenters. The first-order valence-electron chi connectivity index (χ1n) is 7.58. The topological polar surface area (TPSA) is 57.1 Å². The van der Waals surface area contributed by atoms with Crippen LogP contribution in [0.4, 0.5) is 0 Å². The van der Waals surface area contributed by atoms with Gasteiger partial charge in [-0.3, -0.25) is 0 Å². The van der Waals surface area contributed by atoms with Gasteiger partial charge < -0.3 is 14.3 Å². The number of hydrogen-bond donors (Lipinski definition) is 0. The molecule has 26 heavy (non-hydrogen) atoms. The van der Waals surface area contributed by atoms with Crippen LogP contribution in [0.2, 0.25) is 0 Å². The molecule has 0 fully saturated rings. The van der Waals surface area contributed by atoms with Gasteiger partial charge >= 0.3 is 5.97 Å². The summed E-state index contributed by atoms with van der Waals surface area (Å²) in [5.74, 6) is 0.0367. The predicted molar refractivity (Wildman–Crippen MR) is 102 cm³/mol. The minimum atomic E-state index is -0.594. The highest BCUT2D eigenvalue weighted by Crippen LogP contribution is 2.21. The Labute approximate surface area is 161 Å². The zero-order valence-electron chi connectivity index (χ0n) is 14.2. The molecule has 136 valence electrons. The Morgan fingerprint density at radius 1 is 1.12 bits per heavy atom. The van der Waals surface area contributed by atoms with Gasteiger partial charge in [-0.1, -0.05) is 64.8 Å². The molecule has 2 aromatic rings. The fraction of sp³-hybridized carbons (Fsp3) is 0.158. The van der Waals surface area contributed by atoms with Crippen LogP contribution in [0.1, 0.15) is 16.7 Å². The van der Waals surface area contributed by atoms with Crippen molar-refractivity contribution in [1.82, 2.24) is 0 Å². The summed E-state index contributed by atoms with van der Waals surface area (Å²) >= 11 is 11.4. The van der Waals surface area contributed by atoms with Crippen molar-refractivity contribution in [1.29, 1.82) is 0 Å². The Kier molecular flexibility index (Phi) is 7.51. The molecular formula is C19H17Cl2NO4. The smallest absolute Gasteiger partial charge is 0.360 e. The van der Waals surface area contributed by atoms with E-state index in [2.05, 4.69) is 5.16 Å². The van der Waals surface area contributed by atoms with E-state index in [0.29, 0.717) is 11.3 Å². The molecule has 5 nitrogen and oxygen atoms in total. The van der Waals surface area contributed by atoms with Crippen molar-refractivity contribution in [3.63, 3.8) is 0 Å². The second-order valence-electron chi connectivity index (χ2n) is 5.07. The molecule has 0 aliphatic carbocycles. The van der Waals surface area contributed by atoms with Crippen molar-refractivity contribution in [2.24, 2.45) is 5.16 Å². The van der Waals surface area contributed by atoms with Crippen molar-refractivity contribution < 1.29 is 19.1 Å². The standard InChI is InChI=1S/C19H17Cl2NO4/c1-24-19(23)18(22-25-2)16-9-4-3-7-14(16)12-26-15-8-5-6-13(10-15)11-17(20)21/h3-11H,12H2,1-2H3/b22-18+. The van der Waals surface area contributed by atoms with E-state index in [4.69, 9.17) is 37.5 Å². The maximum absolute atomic E-state index is 12.0. The van der Waals surface area contributed by atoms with Gasteiger partial charge in [0.05, 0.1) is 7.11 Å². The van der Waals surface area contributed by atoms with E-state index in [1.807, 2.05) is 30.3 Å². The summed E-state index contributed by atoms with van der Waals surface area (Å²) in [6, 6.07) is 14.5. The summed E-state index contributed by atoms with van der Waals surface area (Å²) in [7, 11) is 2.65. The van der Waals surface area contributed by atoms with Crippen molar-refractivity contribution in [2.45, 2.75) is 6.61 Å². The zero-order chi connectivity index (χ0) is 18.9. The van der Waals surface area contributed by atoms with Crippen LogP contribution >= 0.6 is 23.2 Å². The van der Waals surface area contributed by atoms with Crippen LogP contribution in [0.5, 0.6) is 5.75 Å². The summed E-state index contributed by atoms with van der Waals surface area (Å²) in [5, 5.41) is 3.78. The summed E-state index contributed by atoms with van der Waals surface area (Å²) < 4.78 is 10.8. The molecule has 0 aromatic heterocycles. The fourth-order valence-corrected chi connectivity index (χ4v) is 2.49. The molecule has 0 N–H and O–H groups in total. The SMILES string of the molecule is CO/N=C(/C(=O)OC)c1ccccc1COc1cccc(C=C(Cl)Cl)c1. The molecule has 7 heteroatoms. The summed E-state index contributed by atoms with van der Waals surface area (Å²) in [4.78, 5) is 16.7. The Morgan fingerprint density at radius 3 is 2.58 bits per heavy atom. The lowest BCUT2D eigenvalue weighted by Crippen LogP contribution is -2.19. The third-order valence-electron chi connectivity index (χ3n) is 3.36. The molecule has 0 spiro atoms. The number of methoxy groups -OCH3 is 1. The van der Waals surface area contributed by atoms with E-state index >= 15 is 0 Å². The van der Waals surface area contributed by atoms with E-state index in [9.17, 15) is 4.79 Å². The van der Waals surface area contributed by atoms with Gasteiger partial charge in [0.25, 0.3) is 0 Å². The number of esters is 1. The van der Waals surface area contributed by atoms with Gasteiger partial charge in [-0.05, 0) is 29.3 Å². The number of halogens is 2. The van der Waals surface area contributed by atoms with Gasteiger partial charge in [-0.25, -0.2) is 4.79 Å². The van der Waals surface area contributed by atoms with Gasteiger partial charge in [0.1, 0.15) is 24.0 Å². The lowest BCUT2D eigenvalue weighted by molar-refractivity contribution is -0.132. The monoisotopic (exact) mass is 393 g/mol.